The third-order valence-electron chi connectivity index (χ3n) is 3.92. The van der Waals surface area contributed by atoms with Crippen LogP contribution in [-0.4, -0.2) is 25.1 Å². The minimum absolute atomic E-state index is 0.129. The van der Waals surface area contributed by atoms with Crippen LogP contribution in [0.2, 0.25) is 5.02 Å². The van der Waals surface area contributed by atoms with E-state index in [1.807, 2.05) is 0 Å². The number of nitrogens with zero attached hydrogens (tertiary/aromatic N) is 4. The van der Waals surface area contributed by atoms with E-state index in [0.717, 1.165) is 6.07 Å². The number of H-pyrrole nitrogens is 1. The Morgan fingerprint density at radius 1 is 0.897 bits per heavy atom. The number of halogens is 4. The zero-order valence-corrected chi connectivity index (χ0v) is 15.2. The van der Waals surface area contributed by atoms with Crippen molar-refractivity contribution >= 4 is 11.6 Å². The zero-order chi connectivity index (χ0) is 20.4. The Hall–Kier alpha value is -3.46. The summed E-state index contributed by atoms with van der Waals surface area (Å²) in [6.07, 6.45) is -0.0996. The minimum atomic E-state index is -4.56. The molecule has 10 heteroatoms. The van der Waals surface area contributed by atoms with E-state index in [-0.39, 0.29) is 16.4 Å². The van der Waals surface area contributed by atoms with Crippen molar-refractivity contribution in [3.05, 3.63) is 71.8 Å². The van der Waals surface area contributed by atoms with Gasteiger partial charge in [-0.1, -0.05) is 11.6 Å². The second-order valence-electron chi connectivity index (χ2n) is 5.90. The molecule has 0 radical (unpaired) electrons. The molecular weight excluding hydrogens is 407 g/mol. The van der Waals surface area contributed by atoms with Gasteiger partial charge in [0.15, 0.2) is 17.4 Å². The van der Waals surface area contributed by atoms with Gasteiger partial charge in [0.2, 0.25) is 0 Å². The van der Waals surface area contributed by atoms with Gasteiger partial charge in [-0.05, 0) is 42.5 Å². The third-order valence-corrected chi connectivity index (χ3v) is 4.25. The Kier molecular flexibility index (Phi) is 4.89. The van der Waals surface area contributed by atoms with Gasteiger partial charge in [0, 0.05) is 11.1 Å². The van der Waals surface area contributed by atoms with Gasteiger partial charge in [-0.3, -0.25) is 5.10 Å². The molecule has 6 nitrogen and oxygen atoms in total. The molecule has 0 atom stereocenters. The van der Waals surface area contributed by atoms with Gasteiger partial charge in [-0.2, -0.15) is 18.3 Å². The smallest absolute Gasteiger partial charge is 0.417 e. The van der Waals surface area contributed by atoms with E-state index in [4.69, 9.17) is 16.3 Å². The summed E-state index contributed by atoms with van der Waals surface area (Å²) >= 11 is 5.65. The van der Waals surface area contributed by atoms with Crippen LogP contribution in [0.1, 0.15) is 5.56 Å². The highest BCUT2D eigenvalue weighted by molar-refractivity contribution is 6.31. The molecule has 0 bridgehead atoms. The van der Waals surface area contributed by atoms with E-state index >= 15 is 0 Å². The number of nitrogens with one attached hydrogen (secondary N) is 1. The molecular formula is C19H11ClF3N5O. The van der Waals surface area contributed by atoms with Gasteiger partial charge in [-0.25, -0.2) is 15.0 Å². The number of ether oxygens (including phenoxy) is 1. The standard InChI is InChI=1S/C19H11ClF3N5O/c20-16-6-3-12(7-15(16)19(21,22)23)18-26-17(27-28-18)11-1-4-13(5-2-11)29-14-8-24-10-25-9-14/h1-10H,(H,26,27,28). The minimum Gasteiger partial charge on any atom is -0.454 e. The third kappa shape index (κ3) is 4.19. The van der Waals surface area contributed by atoms with Gasteiger partial charge in [0.05, 0.1) is 23.0 Å². The van der Waals surface area contributed by atoms with E-state index in [9.17, 15) is 13.2 Å². The molecule has 4 aromatic rings. The summed E-state index contributed by atoms with van der Waals surface area (Å²) in [7, 11) is 0. The first-order valence-corrected chi connectivity index (χ1v) is 8.61. The fraction of sp³-hybridized carbons (Fsp3) is 0.0526. The Morgan fingerprint density at radius 2 is 1.59 bits per heavy atom. The molecule has 146 valence electrons. The summed E-state index contributed by atoms with van der Waals surface area (Å²) in [5, 5.41) is 6.36. The largest absolute Gasteiger partial charge is 0.454 e. The fourth-order valence-electron chi connectivity index (χ4n) is 2.56. The predicted octanol–water partition coefficient (Wildman–Crippen LogP) is 5.39. The number of rotatable bonds is 4. The Bertz CT molecular complexity index is 1130. The van der Waals surface area contributed by atoms with Crippen LogP contribution in [0.5, 0.6) is 11.5 Å². The van der Waals surface area contributed by atoms with E-state index in [0.29, 0.717) is 22.9 Å². The van der Waals surface area contributed by atoms with Crippen molar-refractivity contribution in [3.63, 3.8) is 0 Å². The maximum absolute atomic E-state index is 13.1. The number of hydrogen-bond acceptors (Lipinski definition) is 5. The summed E-state index contributed by atoms with van der Waals surface area (Å²) in [5.74, 6) is 1.59. The van der Waals surface area contributed by atoms with Gasteiger partial charge in [-0.15, -0.1) is 0 Å². The van der Waals surface area contributed by atoms with Crippen molar-refractivity contribution in [2.45, 2.75) is 6.18 Å². The van der Waals surface area contributed by atoms with Crippen molar-refractivity contribution in [2.24, 2.45) is 0 Å². The monoisotopic (exact) mass is 417 g/mol. The number of aromatic nitrogens is 5. The molecule has 0 saturated heterocycles. The molecule has 4 rings (SSSR count). The van der Waals surface area contributed by atoms with E-state index in [1.165, 1.54) is 30.9 Å². The van der Waals surface area contributed by atoms with Crippen LogP contribution in [0.25, 0.3) is 22.8 Å². The van der Waals surface area contributed by atoms with Crippen LogP contribution in [0.3, 0.4) is 0 Å². The second-order valence-corrected chi connectivity index (χ2v) is 6.31. The molecule has 2 aromatic carbocycles. The van der Waals surface area contributed by atoms with Crippen LogP contribution in [0.4, 0.5) is 13.2 Å². The maximum Gasteiger partial charge on any atom is 0.417 e. The van der Waals surface area contributed by atoms with Crippen LogP contribution in [0, 0.1) is 0 Å². The lowest BCUT2D eigenvalue weighted by atomic mass is 10.1. The molecule has 2 aromatic heterocycles. The number of hydrogen-bond donors (Lipinski definition) is 1. The summed E-state index contributed by atoms with van der Waals surface area (Å²) in [6, 6.07) is 10.5. The Balaban J connectivity index is 1.56. The second kappa shape index (κ2) is 7.51. The quantitative estimate of drug-likeness (QED) is 0.481. The summed E-state index contributed by atoms with van der Waals surface area (Å²) in [6.45, 7) is 0. The van der Waals surface area contributed by atoms with Crippen molar-refractivity contribution in [2.75, 3.05) is 0 Å². The number of alkyl halides is 3. The number of aromatic amines is 1. The fourth-order valence-corrected chi connectivity index (χ4v) is 2.78. The molecule has 0 aliphatic carbocycles. The normalized spacial score (nSPS) is 11.4. The molecule has 2 heterocycles. The zero-order valence-electron chi connectivity index (χ0n) is 14.5. The first-order valence-electron chi connectivity index (χ1n) is 8.23. The van der Waals surface area contributed by atoms with Crippen molar-refractivity contribution < 1.29 is 17.9 Å². The highest BCUT2D eigenvalue weighted by Gasteiger charge is 2.33. The molecule has 0 saturated carbocycles. The lowest BCUT2D eigenvalue weighted by Crippen LogP contribution is -2.06. The number of benzene rings is 2. The van der Waals surface area contributed by atoms with Crippen LogP contribution >= 0.6 is 11.6 Å². The topological polar surface area (TPSA) is 76.6 Å². The van der Waals surface area contributed by atoms with Gasteiger partial charge >= 0.3 is 6.18 Å². The van der Waals surface area contributed by atoms with E-state index in [1.54, 1.807) is 24.3 Å². The maximum atomic E-state index is 13.1. The predicted molar refractivity (Wildman–Crippen MR) is 99.4 cm³/mol. The molecule has 1 N–H and O–H groups in total. The molecule has 0 fully saturated rings. The lowest BCUT2D eigenvalue weighted by Gasteiger charge is -2.09. The van der Waals surface area contributed by atoms with Gasteiger partial charge in [0.25, 0.3) is 0 Å². The molecule has 0 unspecified atom stereocenters. The molecule has 0 amide bonds. The SMILES string of the molecule is FC(F)(F)c1cc(-c2n[nH]c(-c3ccc(Oc4cncnc4)cc3)n2)ccc1Cl. The van der Waals surface area contributed by atoms with Crippen molar-refractivity contribution in [3.8, 4) is 34.3 Å². The van der Waals surface area contributed by atoms with Crippen molar-refractivity contribution in [1.29, 1.82) is 0 Å². The Morgan fingerprint density at radius 3 is 2.28 bits per heavy atom. The summed E-state index contributed by atoms with van der Waals surface area (Å²) in [4.78, 5) is 12.0. The van der Waals surface area contributed by atoms with E-state index in [2.05, 4.69) is 25.1 Å². The molecule has 29 heavy (non-hydrogen) atoms. The Labute approximate surface area is 167 Å². The summed E-state index contributed by atoms with van der Waals surface area (Å²) < 4.78 is 44.8. The van der Waals surface area contributed by atoms with Crippen molar-refractivity contribution in [1.82, 2.24) is 25.1 Å². The first kappa shape index (κ1) is 18.9. The first-order chi connectivity index (χ1) is 13.9. The lowest BCUT2D eigenvalue weighted by molar-refractivity contribution is -0.137. The summed E-state index contributed by atoms with van der Waals surface area (Å²) in [5.41, 5.74) is -0.0481. The average molecular weight is 418 g/mol. The van der Waals surface area contributed by atoms with Crippen LogP contribution < -0.4 is 4.74 Å². The average Bonchev–Trinajstić information content (AvgIpc) is 3.19. The highest BCUT2D eigenvalue weighted by Crippen LogP contribution is 2.36. The van der Waals surface area contributed by atoms with E-state index < -0.39 is 11.7 Å². The van der Waals surface area contributed by atoms with Gasteiger partial charge < -0.3 is 4.74 Å². The molecule has 0 aliphatic rings. The molecule has 0 spiro atoms. The molecule has 0 aliphatic heterocycles. The van der Waals surface area contributed by atoms with Crippen LogP contribution in [-0.2, 0) is 6.18 Å². The van der Waals surface area contributed by atoms with Gasteiger partial charge in [0.1, 0.15) is 12.1 Å². The van der Waals surface area contributed by atoms with Crippen LogP contribution in [0.15, 0.2) is 61.2 Å². The highest BCUT2D eigenvalue weighted by atomic mass is 35.5.